The average molecular weight is 126 g/mol. The summed E-state index contributed by atoms with van der Waals surface area (Å²) in [5, 5.41) is 0. The Bertz CT molecular complexity index is 138. The minimum absolute atomic E-state index is 0.314. The fourth-order valence-electron chi connectivity index (χ4n) is 1.12. The maximum Gasteiger partial charge on any atom is 0.00964 e. The Morgan fingerprint density at radius 3 is 2.67 bits per heavy atom. The molecular formula is C7H14N2. The van der Waals surface area contributed by atoms with Crippen LogP contribution in [0.2, 0.25) is 0 Å². The highest BCUT2D eigenvalue weighted by Gasteiger charge is 2.12. The van der Waals surface area contributed by atoms with Gasteiger partial charge in [0, 0.05) is 18.2 Å². The lowest BCUT2D eigenvalue weighted by Crippen LogP contribution is -2.26. The predicted molar refractivity (Wildman–Crippen MR) is 38.7 cm³/mol. The number of allylic oxidation sites excluding steroid dienone is 1. The van der Waals surface area contributed by atoms with E-state index in [1.807, 2.05) is 0 Å². The second-order valence-corrected chi connectivity index (χ2v) is 2.81. The normalized spacial score (nSPS) is 28.9. The second-order valence-electron chi connectivity index (χ2n) is 2.81. The molecule has 4 N–H and O–H groups in total. The van der Waals surface area contributed by atoms with E-state index in [-0.39, 0.29) is 0 Å². The summed E-state index contributed by atoms with van der Waals surface area (Å²) < 4.78 is 0. The number of nitrogens with two attached hydrogens (primary N) is 2. The number of hydrogen-bond acceptors (Lipinski definition) is 2. The molecule has 0 aromatic rings. The van der Waals surface area contributed by atoms with Crippen LogP contribution in [0.3, 0.4) is 0 Å². The maximum absolute atomic E-state index is 5.67. The monoisotopic (exact) mass is 126 g/mol. The smallest absolute Gasteiger partial charge is 0.00964 e. The summed E-state index contributed by atoms with van der Waals surface area (Å²) in [6.45, 7) is 2.08. The molecule has 2 heteroatoms. The largest absolute Gasteiger partial charge is 0.402 e. The summed E-state index contributed by atoms with van der Waals surface area (Å²) in [5.41, 5.74) is 13.7. The van der Waals surface area contributed by atoms with Crippen molar-refractivity contribution >= 4 is 0 Å². The van der Waals surface area contributed by atoms with E-state index in [0.717, 1.165) is 25.0 Å². The Labute approximate surface area is 55.9 Å². The molecule has 0 radical (unpaired) electrons. The lowest BCUT2D eigenvalue weighted by Gasteiger charge is -2.19. The molecule has 52 valence electrons. The summed E-state index contributed by atoms with van der Waals surface area (Å²) in [6, 6.07) is 0.314. The number of hydrogen-bond donors (Lipinski definition) is 2. The van der Waals surface area contributed by atoms with E-state index in [1.165, 1.54) is 5.57 Å². The van der Waals surface area contributed by atoms with E-state index in [4.69, 9.17) is 11.5 Å². The minimum atomic E-state index is 0.314. The molecule has 1 aliphatic rings. The summed E-state index contributed by atoms with van der Waals surface area (Å²) >= 11 is 0. The average Bonchev–Trinajstić information content (AvgIpc) is 1.80. The molecule has 0 aromatic heterocycles. The third-order valence-corrected chi connectivity index (χ3v) is 1.92. The zero-order chi connectivity index (χ0) is 6.85. The van der Waals surface area contributed by atoms with Gasteiger partial charge in [-0.3, -0.25) is 0 Å². The zero-order valence-corrected chi connectivity index (χ0v) is 5.85. The van der Waals surface area contributed by atoms with E-state index in [1.54, 1.807) is 0 Å². The molecule has 0 aromatic carbocycles. The summed E-state index contributed by atoms with van der Waals surface area (Å²) in [6.07, 6.45) is 3.09. The molecule has 1 aliphatic carbocycles. The quantitative estimate of drug-likeness (QED) is 0.502. The lowest BCUT2D eigenvalue weighted by atomic mass is 9.94. The summed E-state index contributed by atoms with van der Waals surface area (Å²) in [7, 11) is 0. The van der Waals surface area contributed by atoms with Crippen LogP contribution in [0.15, 0.2) is 11.3 Å². The van der Waals surface area contributed by atoms with Crippen molar-refractivity contribution in [3.05, 3.63) is 11.3 Å². The maximum atomic E-state index is 5.67. The molecule has 0 fully saturated rings. The molecule has 1 rings (SSSR count). The first-order chi connectivity index (χ1) is 4.20. The van der Waals surface area contributed by atoms with Gasteiger partial charge in [-0.15, -0.1) is 0 Å². The molecule has 2 nitrogen and oxygen atoms in total. The van der Waals surface area contributed by atoms with Gasteiger partial charge in [0.15, 0.2) is 0 Å². The Hall–Kier alpha value is -0.500. The van der Waals surface area contributed by atoms with Gasteiger partial charge >= 0.3 is 0 Å². The predicted octanol–water partition coefficient (Wildman–Crippen LogP) is 0.730. The van der Waals surface area contributed by atoms with Crippen molar-refractivity contribution < 1.29 is 0 Å². The van der Waals surface area contributed by atoms with Crippen molar-refractivity contribution in [3.63, 3.8) is 0 Å². The molecular weight excluding hydrogens is 112 g/mol. The third-order valence-electron chi connectivity index (χ3n) is 1.92. The van der Waals surface area contributed by atoms with E-state index in [2.05, 4.69) is 6.92 Å². The standard InChI is InChI=1S/C7H14N2/c1-5-2-3-6(8)4-7(5)9/h6H,2-4,8-9H2,1H3. The van der Waals surface area contributed by atoms with Gasteiger partial charge in [-0.1, -0.05) is 5.57 Å². The first kappa shape index (κ1) is 6.62. The third kappa shape index (κ3) is 1.45. The van der Waals surface area contributed by atoms with Crippen molar-refractivity contribution in [2.24, 2.45) is 11.5 Å². The Kier molecular flexibility index (Phi) is 1.76. The van der Waals surface area contributed by atoms with Crippen LogP contribution in [-0.4, -0.2) is 6.04 Å². The first-order valence-corrected chi connectivity index (χ1v) is 3.40. The molecule has 1 atom stereocenters. The lowest BCUT2D eigenvalue weighted by molar-refractivity contribution is 0.565. The van der Waals surface area contributed by atoms with Crippen LogP contribution in [0.1, 0.15) is 26.2 Å². The van der Waals surface area contributed by atoms with Crippen molar-refractivity contribution in [1.29, 1.82) is 0 Å². The van der Waals surface area contributed by atoms with Crippen LogP contribution in [0.25, 0.3) is 0 Å². The van der Waals surface area contributed by atoms with Crippen LogP contribution in [0.5, 0.6) is 0 Å². The van der Waals surface area contributed by atoms with Gasteiger partial charge in [-0.05, 0) is 19.8 Å². The topological polar surface area (TPSA) is 52.0 Å². The van der Waals surface area contributed by atoms with E-state index in [0.29, 0.717) is 6.04 Å². The highest BCUT2D eigenvalue weighted by atomic mass is 14.7. The zero-order valence-electron chi connectivity index (χ0n) is 5.85. The van der Waals surface area contributed by atoms with E-state index >= 15 is 0 Å². The second kappa shape index (κ2) is 2.40. The van der Waals surface area contributed by atoms with E-state index < -0.39 is 0 Å². The SMILES string of the molecule is CC1=C(N)CC(N)CC1. The molecule has 0 aliphatic heterocycles. The van der Waals surface area contributed by atoms with Crippen molar-refractivity contribution in [1.82, 2.24) is 0 Å². The molecule has 0 amide bonds. The molecule has 1 unspecified atom stereocenters. The van der Waals surface area contributed by atoms with Gasteiger partial charge in [0.25, 0.3) is 0 Å². The summed E-state index contributed by atoms with van der Waals surface area (Å²) in [5.74, 6) is 0. The fraction of sp³-hybridized carbons (Fsp3) is 0.714. The Morgan fingerprint density at radius 1 is 1.56 bits per heavy atom. The van der Waals surface area contributed by atoms with Crippen LogP contribution >= 0.6 is 0 Å². The minimum Gasteiger partial charge on any atom is -0.402 e. The van der Waals surface area contributed by atoms with Gasteiger partial charge in [-0.2, -0.15) is 0 Å². The van der Waals surface area contributed by atoms with Crippen LogP contribution in [0.4, 0.5) is 0 Å². The highest BCUT2D eigenvalue weighted by molar-refractivity contribution is 5.13. The van der Waals surface area contributed by atoms with Crippen LogP contribution in [-0.2, 0) is 0 Å². The van der Waals surface area contributed by atoms with Crippen molar-refractivity contribution in [2.45, 2.75) is 32.2 Å². The Balaban J connectivity index is 2.61. The molecule has 0 bridgehead atoms. The van der Waals surface area contributed by atoms with Gasteiger partial charge < -0.3 is 11.5 Å². The fourth-order valence-corrected chi connectivity index (χ4v) is 1.12. The highest BCUT2D eigenvalue weighted by Crippen LogP contribution is 2.19. The Morgan fingerprint density at radius 2 is 2.22 bits per heavy atom. The molecule has 0 heterocycles. The van der Waals surface area contributed by atoms with Gasteiger partial charge in [-0.25, -0.2) is 0 Å². The number of rotatable bonds is 0. The van der Waals surface area contributed by atoms with Crippen molar-refractivity contribution in [2.75, 3.05) is 0 Å². The van der Waals surface area contributed by atoms with Crippen LogP contribution < -0.4 is 11.5 Å². The van der Waals surface area contributed by atoms with Gasteiger partial charge in [0.1, 0.15) is 0 Å². The van der Waals surface area contributed by atoms with Gasteiger partial charge in [0.05, 0.1) is 0 Å². The molecule has 0 spiro atoms. The van der Waals surface area contributed by atoms with E-state index in [9.17, 15) is 0 Å². The molecule has 9 heavy (non-hydrogen) atoms. The van der Waals surface area contributed by atoms with Crippen LogP contribution in [0, 0.1) is 0 Å². The first-order valence-electron chi connectivity index (χ1n) is 3.40. The molecule has 0 saturated heterocycles. The molecule has 0 saturated carbocycles. The summed E-state index contributed by atoms with van der Waals surface area (Å²) in [4.78, 5) is 0. The van der Waals surface area contributed by atoms with Crippen molar-refractivity contribution in [3.8, 4) is 0 Å². The van der Waals surface area contributed by atoms with Gasteiger partial charge in [0.2, 0.25) is 0 Å².